The fourth-order valence-corrected chi connectivity index (χ4v) is 3.78. The number of esters is 1. The third-order valence-corrected chi connectivity index (χ3v) is 5.59. The largest absolute Gasteiger partial charge is 0.497 e. The van der Waals surface area contributed by atoms with Crippen molar-refractivity contribution >= 4 is 40.3 Å². The molecule has 1 N–H and O–H groups in total. The molecule has 0 fully saturated rings. The first kappa shape index (κ1) is 26.5. The van der Waals surface area contributed by atoms with Crippen LogP contribution in [-0.4, -0.2) is 40.7 Å². The highest BCUT2D eigenvalue weighted by Gasteiger charge is 2.20. The quantitative estimate of drug-likeness (QED) is 0.344. The van der Waals surface area contributed by atoms with Crippen molar-refractivity contribution in [2.45, 2.75) is 26.4 Å². The number of carbonyl (C=O) groups is 3. The first-order chi connectivity index (χ1) is 17.2. The van der Waals surface area contributed by atoms with Crippen molar-refractivity contribution < 1.29 is 29.0 Å². The van der Waals surface area contributed by atoms with E-state index in [2.05, 4.69) is 4.74 Å². The summed E-state index contributed by atoms with van der Waals surface area (Å²) in [6.07, 6.45) is -0.916. The van der Waals surface area contributed by atoms with Gasteiger partial charge in [-0.1, -0.05) is 41.9 Å². The lowest BCUT2D eigenvalue weighted by Crippen LogP contribution is -2.28. The maximum absolute atomic E-state index is 12.7. The van der Waals surface area contributed by atoms with Crippen LogP contribution >= 0.6 is 11.6 Å². The molecule has 1 unspecified atom stereocenters. The number of hydrogen-bond donors (Lipinski definition) is 1. The number of hydrogen-bond acceptors (Lipinski definition) is 5. The van der Waals surface area contributed by atoms with Crippen molar-refractivity contribution in [2.75, 3.05) is 7.11 Å². The second-order valence-electron chi connectivity index (χ2n) is 7.98. The van der Waals surface area contributed by atoms with E-state index in [4.69, 9.17) is 21.4 Å². The van der Waals surface area contributed by atoms with Crippen molar-refractivity contribution in [3.05, 3.63) is 101 Å². The van der Waals surface area contributed by atoms with Gasteiger partial charge < -0.3 is 14.6 Å². The van der Waals surface area contributed by atoms with Crippen LogP contribution in [-0.2, 0) is 20.7 Å². The first-order valence-electron chi connectivity index (χ1n) is 11.1. The topological polar surface area (TPSA) is 94.8 Å². The van der Waals surface area contributed by atoms with Crippen LogP contribution in [0.4, 0.5) is 0 Å². The van der Waals surface area contributed by atoms with Crippen LogP contribution in [0.3, 0.4) is 0 Å². The summed E-state index contributed by atoms with van der Waals surface area (Å²) in [5.41, 5.74) is 3.19. The van der Waals surface area contributed by atoms with Gasteiger partial charge in [-0.15, -0.1) is 0 Å². The van der Waals surface area contributed by atoms with Crippen LogP contribution in [0.25, 0.3) is 10.9 Å². The standard InChI is InChI=1S/C17H14ClNO2.C11H12O4/c1-11-9-13-10-15(21-2)7-8-16(13)19(11)17(20)12-3-5-14(18)6-4-12;1-8(12)15-10(11(13)14)7-9-5-3-2-4-6-9/h3-10H,1-2H3;2-6,10H,7H2,1H3,(H,13,14). The predicted octanol–water partition coefficient (Wildman–Crippen LogP) is 5.55. The van der Waals surface area contributed by atoms with E-state index < -0.39 is 18.0 Å². The van der Waals surface area contributed by atoms with Crippen LogP contribution in [0.2, 0.25) is 5.02 Å². The van der Waals surface area contributed by atoms with E-state index in [1.165, 1.54) is 6.92 Å². The number of benzene rings is 3. The Morgan fingerprint density at radius 1 is 0.972 bits per heavy atom. The number of aliphatic carboxylic acids is 1. The Bertz CT molecular complexity index is 1360. The molecular weight excluding hydrogens is 482 g/mol. The zero-order chi connectivity index (χ0) is 26.2. The lowest BCUT2D eigenvalue weighted by molar-refractivity contribution is -0.162. The summed E-state index contributed by atoms with van der Waals surface area (Å²) in [6.45, 7) is 3.11. The smallest absolute Gasteiger partial charge is 0.345 e. The number of fused-ring (bicyclic) bond motifs is 1. The van der Waals surface area contributed by atoms with Crippen LogP contribution in [0.5, 0.6) is 5.75 Å². The summed E-state index contributed by atoms with van der Waals surface area (Å²) in [5, 5.41) is 10.4. The average molecular weight is 508 g/mol. The third kappa shape index (κ3) is 6.73. The number of carboxylic acids is 1. The molecule has 0 radical (unpaired) electrons. The Kier molecular flexibility index (Phi) is 8.86. The van der Waals surface area contributed by atoms with Gasteiger partial charge in [0.2, 0.25) is 6.10 Å². The van der Waals surface area contributed by atoms with Gasteiger partial charge in [0.1, 0.15) is 5.75 Å². The van der Waals surface area contributed by atoms with E-state index >= 15 is 0 Å². The van der Waals surface area contributed by atoms with Crippen LogP contribution < -0.4 is 4.74 Å². The van der Waals surface area contributed by atoms with Crippen LogP contribution in [0.1, 0.15) is 28.5 Å². The minimum Gasteiger partial charge on any atom is -0.497 e. The molecule has 0 saturated carbocycles. The zero-order valence-corrected chi connectivity index (χ0v) is 20.9. The molecule has 0 aliphatic rings. The van der Waals surface area contributed by atoms with Crippen molar-refractivity contribution in [3.63, 3.8) is 0 Å². The number of aromatic nitrogens is 1. The Hall–Kier alpha value is -4.10. The van der Waals surface area contributed by atoms with Crippen LogP contribution in [0.15, 0.2) is 78.9 Å². The van der Waals surface area contributed by atoms with Gasteiger partial charge in [0.25, 0.3) is 5.91 Å². The van der Waals surface area contributed by atoms with E-state index in [1.807, 2.05) is 49.4 Å². The molecule has 36 heavy (non-hydrogen) atoms. The zero-order valence-electron chi connectivity index (χ0n) is 20.1. The van der Waals surface area contributed by atoms with Gasteiger partial charge in [-0.3, -0.25) is 14.2 Å². The first-order valence-corrected chi connectivity index (χ1v) is 11.5. The van der Waals surface area contributed by atoms with E-state index in [1.54, 1.807) is 48.1 Å². The molecule has 0 bridgehead atoms. The summed E-state index contributed by atoms with van der Waals surface area (Å²) in [4.78, 5) is 34.1. The summed E-state index contributed by atoms with van der Waals surface area (Å²) in [7, 11) is 1.63. The molecule has 3 aromatic carbocycles. The van der Waals surface area contributed by atoms with Gasteiger partial charge in [0.15, 0.2) is 0 Å². The minimum absolute atomic E-state index is 0.0654. The van der Waals surface area contributed by atoms with Crippen LogP contribution in [0, 0.1) is 6.92 Å². The van der Waals surface area contributed by atoms with Crippen molar-refractivity contribution in [1.29, 1.82) is 0 Å². The molecule has 186 valence electrons. The van der Waals surface area contributed by atoms with E-state index in [0.717, 1.165) is 27.9 Å². The van der Waals surface area contributed by atoms with Crippen molar-refractivity contribution in [1.82, 2.24) is 4.57 Å². The summed E-state index contributed by atoms with van der Waals surface area (Å²) < 4.78 is 11.6. The third-order valence-electron chi connectivity index (χ3n) is 5.33. The Morgan fingerprint density at radius 3 is 2.22 bits per heavy atom. The number of nitrogens with zero attached hydrogens (tertiary/aromatic N) is 1. The van der Waals surface area contributed by atoms with Gasteiger partial charge in [0, 0.05) is 35.0 Å². The number of carbonyl (C=O) groups excluding carboxylic acids is 2. The molecule has 0 amide bonds. The highest BCUT2D eigenvalue weighted by Crippen LogP contribution is 2.25. The molecule has 0 saturated heterocycles. The maximum atomic E-state index is 12.7. The average Bonchev–Trinajstić information content (AvgIpc) is 3.19. The summed E-state index contributed by atoms with van der Waals surface area (Å²) in [5.74, 6) is -1.00. The Morgan fingerprint density at radius 2 is 1.64 bits per heavy atom. The molecule has 1 atom stereocenters. The molecular formula is C28H26ClNO6. The van der Waals surface area contributed by atoms with Gasteiger partial charge in [0.05, 0.1) is 12.6 Å². The summed E-state index contributed by atoms with van der Waals surface area (Å²) in [6, 6.07) is 23.6. The normalized spacial score (nSPS) is 11.2. The van der Waals surface area contributed by atoms with Gasteiger partial charge in [-0.05, 0) is 61.0 Å². The molecule has 1 heterocycles. The number of rotatable bonds is 6. The fraction of sp³-hybridized carbons (Fsp3) is 0.179. The van der Waals surface area contributed by atoms with Gasteiger partial charge >= 0.3 is 11.9 Å². The van der Waals surface area contributed by atoms with Crippen molar-refractivity contribution in [3.8, 4) is 5.75 Å². The van der Waals surface area contributed by atoms with Gasteiger partial charge in [-0.2, -0.15) is 0 Å². The summed E-state index contributed by atoms with van der Waals surface area (Å²) >= 11 is 5.87. The molecule has 0 spiro atoms. The highest BCUT2D eigenvalue weighted by molar-refractivity contribution is 6.30. The molecule has 4 aromatic rings. The second-order valence-corrected chi connectivity index (χ2v) is 8.42. The van der Waals surface area contributed by atoms with E-state index in [-0.39, 0.29) is 12.3 Å². The predicted molar refractivity (Wildman–Crippen MR) is 138 cm³/mol. The monoisotopic (exact) mass is 507 g/mol. The second kappa shape index (κ2) is 12.0. The Labute approximate surface area is 213 Å². The number of halogens is 1. The van der Waals surface area contributed by atoms with Gasteiger partial charge in [-0.25, -0.2) is 4.79 Å². The lowest BCUT2D eigenvalue weighted by atomic mass is 10.1. The highest BCUT2D eigenvalue weighted by atomic mass is 35.5. The lowest BCUT2D eigenvalue weighted by Gasteiger charge is -2.12. The number of aryl methyl sites for hydroxylation is 1. The SMILES string of the molecule is CC(=O)OC(Cc1ccccc1)C(=O)O.COc1ccc2c(c1)cc(C)n2C(=O)c1ccc(Cl)cc1. The molecule has 7 nitrogen and oxygen atoms in total. The molecule has 4 rings (SSSR count). The Balaban J connectivity index is 0.000000214. The molecule has 0 aliphatic heterocycles. The number of carboxylic acid groups (broad SMARTS) is 1. The number of ether oxygens (including phenoxy) is 2. The molecule has 0 aliphatic carbocycles. The van der Waals surface area contributed by atoms with Crippen molar-refractivity contribution in [2.24, 2.45) is 0 Å². The fourth-order valence-electron chi connectivity index (χ4n) is 3.66. The van der Waals surface area contributed by atoms with E-state index in [0.29, 0.717) is 10.6 Å². The molecule has 1 aromatic heterocycles. The maximum Gasteiger partial charge on any atom is 0.345 e. The number of methoxy groups -OCH3 is 1. The molecule has 8 heteroatoms. The van der Waals surface area contributed by atoms with E-state index in [9.17, 15) is 14.4 Å². The minimum atomic E-state index is -1.13.